The molecule has 1 heterocycles. The molecule has 0 aliphatic heterocycles. The maximum absolute atomic E-state index is 12.5. The van der Waals surface area contributed by atoms with Crippen LogP contribution in [0.3, 0.4) is 0 Å². The number of nitrogens with one attached hydrogen (secondary N) is 1. The second-order valence-corrected chi connectivity index (χ2v) is 7.21. The minimum Gasteiger partial charge on any atom is -0.349 e. The van der Waals surface area contributed by atoms with E-state index in [9.17, 15) is 4.79 Å². The number of carbonyl (C=O) groups excluding carboxylic acids is 1. The number of nitrogens with zero attached hydrogens (tertiary/aromatic N) is 3. The number of aromatic nitrogens is 3. The number of benzene rings is 2. The third kappa shape index (κ3) is 4.08. The van der Waals surface area contributed by atoms with Crippen molar-refractivity contribution in [3.63, 3.8) is 0 Å². The summed E-state index contributed by atoms with van der Waals surface area (Å²) < 4.78 is 1.71. The Balaban J connectivity index is 1.37. The number of hydrogen-bond acceptors (Lipinski definition) is 3. The van der Waals surface area contributed by atoms with Gasteiger partial charge < -0.3 is 5.32 Å². The summed E-state index contributed by atoms with van der Waals surface area (Å²) >= 11 is 0. The first-order valence-electron chi connectivity index (χ1n) is 9.54. The van der Waals surface area contributed by atoms with Crippen LogP contribution in [0, 0.1) is 0 Å². The molecule has 1 unspecified atom stereocenters. The molecule has 0 saturated heterocycles. The van der Waals surface area contributed by atoms with Gasteiger partial charge in [-0.2, -0.15) is 5.10 Å². The molecule has 3 aromatic rings. The number of carbonyl (C=O) groups is 1. The highest BCUT2D eigenvalue weighted by molar-refractivity contribution is 5.79. The summed E-state index contributed by atoms with van der Waals surface area (Å²) in [6.07, 6.45) is 8.44. The van der Waals surface area contributed by atoms with E-state index in [0.29, 0.717) is 6.42 Å². The molecule has 0 spiro atoms. The fraction of sp³-hybridized carbons (Fsp3) is 0.318. The Hall–Kier alpha value is -2.95. The van der Waals surface area contributed by atoms with Crippen LogP contribution in [0.25, 0.3) is 5.69 Å². The van der Waals surface area contributed by atoms with Crippen molar-refractivity contribution < 1.29 is 4.79 Å². The van der Waals surface area contributed by atoms with E-state index in [4.69, 9.17) is 0 Å². The van der Waals surface area contributed by atoms with Crippen LogP contribution < -0.4 is 5.32 Å². The summed E-state index contributed by atoms with van der Waals surface area (Å²) in [7, 11) is 0. The van der Waals surface area contributed by atoms with Gasteiger partial charge in [0.1, 0.15) is 12.7 Å². The smallest absolute Gasteiger partial charge is 0.224 e. The Morgan fingerprint density at radius 1 is 1.11 bits per heavy atom. The summed E-state index contributed by atoms with van der Waals surface area (Å²) in [6, 6.07) is 14.5. The Kier molecular flexibility index (Phi) is 5.01. The van der Waals surface area contributed by atoms with Gasteiger partial charge >= 0.3 is 0 Å². The first-order chi connectivity index (χ1) is 13.2. The van der Waals surface area contributed by atoms with Gasteiger partial charge in [0.05, 0.1) is 18.2 Å². The minimum absolute atomic E-state index is 0.0417. The lowest BCUT2D eigenvalue weighted by atomic mass is 9.90. The van der Waals surface area contributed by atoms with Crippen molar-refractivity contribution in [3.8, 4) is 5.69 Å². The molecule has 1 N–H and O–H groups in total. The maximum Gasteiger partial charge on any atom is 0.224 e. The Labute approximate surface area is 159 Å². The van der Waals surface area contributed by atoms with E-state index in [1.807, 2.05) is 31.2 Å². The van der Waals surface area contributed by atoms with Gasteiger partial charge in [-0.25, -0.2) is 9.67 Å². The fourth-order valence-corrected chi connectivity index (χ4v) is 3.72. The zero-order valence-electron chi connectivity index (χ0n) is 15.6. The van der Waals surface area contributed by atoms with Gasteiger partial charge in [-0.3, -0.25) is 4.79 Å². The van der Waals surface area contributed by atoms with Crippen molar-refractivity contribution >= 4 is 5.91 Å². The van der Waals surface area contributed by atoms with E-state index in [2.05, 4.69) is 33.6 Å². The molecule has 0 radical (unpaired) electrons. The number of hydrogen-bond donors (Lipinski definition) is 1. The monoisotopic (exact) mass is 360 g/mol. The van der Waals surface area contributed by atoms with Crippen LogP contribution in [0.5, 0.6) is 0 Å². The highest BCUT2D eigenvalue weighted by Crippen LogP contribution is 2.22. The van der Waals surface area contributed by atoms with Crippen LogP contribution in [-0.2, 0) is 24.1 Å². The quantitative estimate of drug-likeness (QED) is 0.757. The second-order valence-electron chi connectivity index (χ2n) is 7.21. The molecule has 27 heavy (non-hydrogen) atoms. The van der Waals surface area contributed by atoms with E-state index >= 15 is 0 Å². The van der Waals surface area contributed by atoms with Gasteiger partial charge in [0, 0.05) is 0 Å². The molecule has 5 nitrogen and oxygen atoms in total. The van der Waals surface area contributed by atoms with Crippen molar-refractivity contribution in [2.75, 3.05) is 0 Å². The molecular weight excluding hydrogens is 336 g/mol. The summed E-state index contributed by atoms with van der Waals surface area (Å²) in [5.74, 6) is 0.0543. The van der Waals surface area contributed by atoms with Crippen LogP contribution in [0.15, 0.2) is 55.1 Å². The minimum atomic E-state index is -0.0417. The summed E-state index contributed by atoms with van der Waals surface area (Å²) in [5, 5.41) is 7.23. The molecular formula is C22H24N4O. The predicted molar refractivity (Wildman–Crippen MR) is 105 cm³/mol. The summed E-state index contributed by atoms with van der Waals surface area (Å²) in [4.78, 5) is 16.4. The van der Waals surface area contributed by atoms with Crippen LogP contribution in [0.4, 0.5) is 0 Å². The zero-order valence-corrected chi connectivity index (χ0v) is 15.6. The average Bonchev–Trinajstić information content (AvgIpc) is 3.23. The van der Waals surface area contributed by atoms with E-state index < -0.39 is 0 Å². The lowest BCUT2D eigenvalue weighted by Crippen LogP contribution is -2.28. The van der Waals surface area contributed by atoms with Crippen LogP contribution in [-0.4, -0.2) is 20.7 Å². The number of aryl methyl sites for hydroxylation is 2. The number of amides is 1. The van der Waals surface area contributed by atoms with Gasteiger partial charge in [-0.1, -0.05) is 30.3 Å². The van der Waals surface area contributed by atoms with Gasteiger partial charge in [0.25, 0.3) is 0 Å². The average molecular weight is 360 g/mol. The van der Waals surface area contributed by atoms with Crippen LogP contribution >= 0.6 is 0 Å². The molecule has 2 aromatic carbocycles. The Morgan fingerprint density at radius 2 is 1.89 bits per heavy atom. The molecule has 1 amide bonds. The predicted octanol–water partition coefficient (Wildman–Crippen LogP) is 3.57. The first-order valence-corrected chi connectivity index (χ1v) is 9.54. The molecule has 1 aromatic heterocycles. The van der Waals surface area contributed by atoms with E-state index in [1.54, 1.807) is 11.0 Å². The molecule has 138 valence electrons. The highest BCUT2D eigenvalue weighted by Gasteiger charge is 2.13. The lowest BCUT2D eigenvalue weighted by Gasteiger charge is -2.18. The van der Waals surface area contributed by atoms with Gasteiger partial charge in [0.2, 0.25) is 5.91 Å². The standard InChI is InChI=1S/C22H24N4O/c1-16(18-8-10-21(11-9-18)26-15-23-14-24-26)25-22(27)13-17-6-7-19-4-2-3-5-20(19)12-17/h6-12,14-16H,2-5,13H2,1H3,(H,25,27). The summed E-state index contributed by atoms with van der Waals surface area (Å²) in [6.45, 7) is 2.01. The van der Waals surface area contributed by atoms with Crippen LogP contribution in [0.2, 0.25) is 0 Å². The Bertz CT molecular complexity index is 916. The molecule has 0 bridgehead atoms. The topological polar surface area (TPSA) is 59.8 Å². The van der Waals surface area contributed by atoms with Gasteiger partial charge in [0.15, 0.2) is 0 Å². The molecule has 1 atom stereocenters. The van der Waals surface area contributed by atoms with Crippen molar-refractivity contribution in [2.24, 2.45) is 0 Å². The molecule has 0 saturated carbocycles. The van der Waals surface area contributed by atoms with Gasteiger partial charge in [-0.05, 0) is 67.0 Å². The molecule has 1 aliphatic rings. The highest BCUT2D eigenvalue weighted by atomic mass is 16.1. The molecule has 1 aliphatic carbocycles. The number of rotatable bonds is 5. The lowest BCUT2D eigenvalue weighted by molar-refractivity contribution is -0.121. The largest absolute Gasteiger partial charge is 0.349 e. The van der Waals surface area contributed by atoms with Crippen molar-refractivity contribution in [1.29, 1.82) is 0 Å². The van der Waals surface area contributed by atoms with Gasteiger partial charge in [-0.15, -0.1) is 0 Å². The van der Waals surface area contributed by atoms with Crippen LogP contribution in [0.1, 0.15) is 48.1 Å². The molecule has 4 rings (SSSR count). The Morgan fingerprint density at radius 3 is 2.63 bits per heavy atom. The molecule has 0 fully saturated rings. The second kappa shape index (κ2) is 7.74. The van der Waals surface area contributed by atoms with Crippen molar-refractivity contribution in [1.82, 2.24) is 20.1 Å². The third-order valence-corrected chi connectivity index (χ3v) is 5.23. The normalized spacial score (nSPS) is 14.4. The maximum atomic E-state index is 12.5. The number of fused-ring (bicyclic) bond motifs is 1. The SMILES string of the molecule is CC(NC(=O)Cc1ccc2c(c1)CCCC2)c1ccc(-n2cncn2)cc1. The zero-order chi connectivity index (χ0) is 18.6. The van der Waals surface area contributed by atoms with E-state index in [-0.39, 0.29) is 11.9 Å². The fourth-order valence-electron chi connectivity index (χ4n) is 3.72. The first kappa shape index (κ1) is 17.5. The van der Waals surface area contributed by atoms with E-state index in [1.165, 1.54) is 36.7 Å². The molecule has 5 heteroatoms. The summed E-state index contributed by atoms with van der Waals surface area (Å²) in [5.41, 5.74) is 5.98. The van der Waals surface area contributed by atoms with E-state index in [0.717, 1.165) is 23.2 Å². The van der Waals surface area contributed by atoms with Crippen molar-refractivity contribution in [3.05, 3.63) is 77.4 Å². The van der Waals surface area contributed by atoms with Crippen molar-refractivity contribution in [2.45, 2.75) is 45.1 Å². The third-order valence-electron chi connectivity index (χ3n) is 5.23.